The third-order valence-electron chi connectivity index (χ3n) is 4.90. The van der Waals surface area contributed by atoms with Crippen molar-refractivity contribution in [3.63, 3.8) is 0 Å². The maximum Gasteiger partial charge on any atom is 0.325 e. The molecule has 162 valence electrons. The molecule has 5 N–H and O–H groups in total. The lowest BCUT2D eigenvalue weighted by Gasteiger charge is -2.07. The van der Waals surface area contributed by atoms with E-state index in [0.717, 1.165) is 43.8 Å². The van der Waals surface area contributed by atoms with Gasteiger partial charge in [0.25, 0.3) is 0 Å². The number of urea groups is 1. The van der Waals surface area contributed by atoms with Gasteiger partial charge in [-0.15, -0.1) is 22.7 Å². The zero-order valence-electron chi connectivity index (χ0n) is 16.8. The van der Waals surface area contributed by atoms with Gasteiger partial charge < -0.3 is 20.7 Å². The fraction of sp³-hybridized carbons (Fsp3) is 0.143. The van der Waals surface area contributed by atoms with E-state index < -0.39 is 0 Å². The number of nitrogens with zero attached hydrogens (tertiary/aromatic N) is 3. The first kappa shape index (κ1) is 20.4. The summed E-state index contributed by atoms with van der Waals surface area (Å²) in [4.78, 5) is 29.5. The number of nitrogens with one attached hydrogen (secondary N) is 4. The molecule has 4 heterocycles. The largest absolute Gasteiger partial charge is 0.392 e. The molecule has 2 amide bonds. The number of thiophene rings is 1. The Morgan fingerprint density at radius 2 is 2.09 bits per heavy atom. The van der Waals surface area contributed by atoms with Gasteiger partial charge in [0.05, 0.1) is 28.0 Å². The summed E-state index contributed by atoms with van der Waals surface area (Å²) in [5, 5.41) is 21.8. The molecule has 0 spiro atoms. The van der Waals surface area contributed by atoms with Crippen molar-refractivity contribution in [3.8, 4) is 0 Å². The van der Waals surface area contributed by atoms with E-state index in [0.29, 0.717) is 17.4 Å². The summed E-state index contributed by atoms with van der Waals surface area (Å²) in [7, 11) is 0. The number of hydrogen-bond acceptors (Lipinski definition) is 8. The Morgan fingerprint density at radius 1 is 1.16 bits per heavy atom. The molecule has 9 nitrogen and oxygen atoms in total. The van der Waals surface area contributed by atoms with Gasteiger partial charge in [-0.2, -0.15) is 0 Å². The Balaban J connectivity index is 1.18. The van der Waals surface area contributed by atoms with Gasteiger partial charge >= 0.3 is 6.03 Å². The molecule has 0 atom stereocenters. The van der Waals surface area contributed by atoms with Gasteiger partial charge in [0, 0.05) is 41.2 Å². The van der Waals surface area contributed by atoms with Gasteiger partial charge in [-0.3, -0.25) is 5.32 Å². The highest BCUT2D eigenvalue weighted by atomic mass is 32.1. The SMILES string of the molecule is O=C(Nc1ncc(CCNc2ncnc3ccsc23)s1)Nc1cccc2c(CO)c[nH]c12. The van der Waals surface area contributed by atoms with Crippen molar-refractivity contribution in [2.75, 3.05) is 22.5 Å². The van der Waals surface area contributed by atoms with Crippen molar-refractivity contribution < 1.29 is 9.90 Å². The van der Waals surface area contributed by atoms with Crippen LogP contribution in [0.15, 0.2) is 48.4 Å². The van der Waals surface area contributed by atoms with Crippen LogP contribution in [0.5, 0.6) is 0 Å². The lowest BCUT2D eigenvalue weighted by Crippen LogP contribution is -2.19. The van der Waals surface area contributed by atoms with Crippen LogP contribution in [-0.2, 0) is 13.0 Å². The smallest absolute Gasteiger partial charge is 0.325 e. The van der Waals surface area contributed by atoms with Crippen molar-refractivity contribution >= 4 is 66.5 Å². The van der Waals surface area contributed by atoms with Crippen LogP contribution >= 0.6 is 22.7 Å². The highest BCUT2D eigenvalue weighted by molar-refractivity contribution is 7.17. The van der Waals surface area contributed by atoms with E-state index in [2.05, 4.69) is 35.9 Å². The molecule has 0 unspecified atom stereocenters. The maximum absolute atomic E-state index is 12.5. The standard InChI is InChI=1S/C21H19N7O2S2/c29-10-12-8-23-17-14(12)2-1-3-15(17)27-20(30)28-21-24-9-13(32-21)4-6-22-19-18-16(5-7-31-18)25-11-26-19/h1-3,5,7-9,11,23,29H,4,6,10H2,(H,22,25,26)(H2,24,27,28,30). The number of aromatic nitrogens is 4. The van der Waals surface area contributed by atoms with Gasteiger partial charge in [0.15, 0.2) is 5.13 Å². The zero-order chi connectivity index (χ0) is 21.9. The van der Waals surface area contributed by atoms with E-state index in [-0.39, 0.29) is 12.6 Å². The summed E-state index contributed by atoms with van der Waals surface area (Å²) >= 11 is 3.04. The average Bonchev–Trinajstić information content (AvgIpc) is 3.53. The molecule has 0 aliphatic rings. The van der Waals surface area contributed by atoms with Gasteiger partial charge in [-0.25, -0.2) is 19.7 Å². The van der Waals surface area contributed by atoms with Crippen molar-refractivity contribution in [2.45, 2.75) is 13.0 Å². The number of para-hydroxylation sites is 1. The van der Waals surface area contributed by atoms with E-state index in [1.54, 1.807) is 36.1 Å². The summed E-state index contributed by atoms with van der Waals surface area (Å²) in [6.45, 7) is 0.627. The molecule has 0 saturated heterocycles. The van der Waals surface area contributed by atoms with Gasteiger partial charge in [-0.1, -0.05) is 12.1 Å². The van der Waals surface area contributed by atoms with Gasteiger partial charge in [-0.05, 0) is 17.5 Å². The fourth-order valence-electron chi connectivity index (χ4n) is 3.40. The Labute approximate surface area is 190 Å². The van der Waals surface area contributed by atoms with Crippen LogP contribution < -0.4 is 16.0 Å². The van der Waals surface area contributed by atoms with E-state index in [1.165, 1.54) is 11.3 Å². The number of fused-ring (bicyclic) bond motifs is 2. The number of benzene rings is 1. The molecule has 32 heavy (non-hydrogen) atoms. The maximum atomic E-state index is 12.5. The monoisotopic (exact) mass is 465 g/mol. The Kier molecular flexibility index (Phi) is 5.67. The molecule has 1 aromatic carbocycles. The molecule has 4 aromatic heterocycles. The van der Waals surface area contributed by atoms with Crippen LogP contribution in [0.1, 0.15) is 10.4 Å². The molecule has 5 aromatic rings. The number of hydrogen-bond donors (Lipinski definition) is 5. The second-order valence-corrected chi connectivity index (χ2v) is 8.98. The van der Waals surface area contributed by atoms with E-state index in [9.17, 15) is 9.90 Å². The van der Waals surface area contributed by atoms with E-state index in [1.807, 2.05) is 23.6 Å². The van der Waals surface area contributed by atoms with Crippen molar-refractivity contribution in [1.29, 1.82) is 0 Å². The first-order valence-corrected chi connectivity index (χ1v) is 11.6. The molecule has 11 heteroatoms. The van der Waals surface area contributed by atoms with Crippen LogP contribution in [-0.4, -0.2) is 37.6 Å². The topological polar surface area (TPSA) is 128 Å². The summed E-state index contributed by atoms with van der Waals surface area (Å²) in [5.74, 6) is 0.829. The first-order chi connectivity index (χ1) is 15.7. The third-order valence-corrected chi connectivity index (χ3v) is 6.78. The molecular weight excluding hydrogens is 446 g/mol. The van der Waals surface area contributed by atoms with Crippen LogP contribution in [0.2, 0.25) is 0 Å². The molecule has 0 fully saturated rings. The van der Waals surface area contributed by atoms with Crippen molar-refractivity contribution in [2.24, 2.45) is 0 Å². The summed E-state index contributed by atoms with van der Waals surface area (Å²) in [6, 6.07) is 7.13. The average molecular weight is 466 g/mol. The van der Waals surface area contributed by atoms with Gasteiger partial charge in [0.1, 0.15) is 12.1 Å². The number of carbonyl (C=O) groups is 1. The Hall–Kier alpha value is -3.54. The van der Waals surface area contributed by atoms with E-state index in [4.69, 9.17) is 0 Å². The molecule has 0 bridgehead atoms. The molecule has 0 aliphatic carbocycles. The molecule has 5 rings (SSSR count). The zero-order valence-corrected chi connectivity index (χ0v) is 18.4. The minimum Gasteiger partial charge on any atom is -0.392 e. The van der Waals surface area contributed by atoms with E-state index >= 15 is 0 Å². The first-order valence-electron chi connectivity index (χ1n) is 9.86. The molecule has 0 radical (unpaired) electrons. The normalized spacial score (nSPS) is 11.2. The minimum atomic E-state index is -0.377. The number of amides is 2. The van der Waals surface area contributed by atoms with Crippen LogP contribution in [0, 0.1) is 0 Å². The minimum absolute atomic E-state index is 0.0676. The number of anilines is 3. The quantitative estimate of drug-likeness (QED) is 0.242. The Bertz CT molecular complexity index is 1390. The highest BCUT2D eigenvalue weighted by Crippen LogP contribution is 2.27. The van der Waals surface area contributed by atoms with Crippen LogP contribution in [0.3, 0.4) is 0 Å². The second kappa shape index (κ2) is 8.91. The van der Waals surface area contributed by atoms with Gasteiger partial charge in [0.2, 0.25) is 0 Å². The fourth-order valence-corrected chi connectivity index (χ4v) is 5.02. The second-order valence-electron chi connectivity index (χ2n) is 6.95. The third kappa shape index (κ3) is 4.13. The number of carbonyl (C=O) groups excluding carboxylic acids is 1. The number of aliphatic hydroxyl groups is 1. The van der Waals surface area contributed by atoms with Crippen LogP contribution in [0.4, 0.5) is 21.4 Å². The number of aliphatic hydroxyl groups excluding tert-OH is 1. The molecule has 0 saturated carbocycles. The summed E-state index contributed by atoms with van der Waals surface area (Å²) < 4.78 is 1.04. The summed E-state index contributed by atoms with van der Waals surface area (Å²) in [6.07, 6.45) is 5.81. The number of aromatic amines is 1. The van der Waals surface area contributed by atoms with Crippen molar-refractivity contribution in [1.82, 2.24) is 19.9 Å². The highest BCUT2D eigenvalue weighted by Gasteiger charge is 2.11. The lowest BCUT2D eigenvalue weighted by molar-refractivity contribution is 0.262. The number of H-pyrrole nitrogens is 1. The molecule has 0 aliphatic heterocycles. The molecular formula is C21H19N7O2S2. The number of rotatable bonds is 7. The predicted octanol–water partition coefficient (Wildman–Crippen LogP) is 4.42. The number of thiazole rings is 1. The Morgan fingerprint density at radius 3 is 3.00 bits per heavy atom. The predicted molar refractivity (Wildman–Crippen MR) is 129 cm³/mol. The van der Waals surface area contributed by atoms with Crippen LogP contribution in [0.25, 0.3) is 21.1 Å². The lowest BCUT2D eigenvalue weighted by atomic mass is 10.1. The van der Waals surface area contributed by atoms with Crippen molar-refractivity contribution in [3.05, 3.63) is 58.8 Å². The summed E-state index contributed by atoms with van der Waals surface area (Å²) in [5.41, 5.74) is 3.11.